The predicted molar refractivity (Wildman–Crippen MR) is 107 cm³/mol. The van der Waals surface area contributed by atoms with Crippen LogP contribution in [0.5, 0.6) is 0 Å². The predicted octanol–water partition coefficient (Wildman–Crippen LogP) is 5.14. The molecule has 0 saturated heterocycles. The Hall–Kier alpha value is -2.32. The Labute approximate surface area is 176 Å². The first-order chi connectivity index (χ1) is 14.1. The highest BCUT2D eigenvalue weighted by atomic mass is 35.5. The maximum Gasteiger partial charge on any atom is 0.255 e. The van der Waals surface area contributed by atoms with Gasteiger partial charge >= 0.3 is 0 Å². The molecule has 2 bridgehead atoms. The van der Waals surface area contributed by atoms with Crippen molar-refractivity contribution >= 4 is 33.0 Å². The maximum atomic E-state index is 13.4. The number of hydrogen-bond acceptors (Lipinski definition) is 3. The summed E-state index contributed by atoms with van der Waals surface area (Å²) in [6.45, 7) is 4.00. The summed E-state index contributed by atoms with van der Waals surface area (Å²) in [5.74, 6) is -4.99. The summed E-state index contributed by atoms with van der Waals surface area (Å²) in [5.41, 5.74) is 0.731. The average Bonchev–Trinajstić information content (AvgIpc) is 2.71. The van der Waals surface area contributed by atoms with Crippen LogP contribution in [0, 0.1) is 29.3 Å². The van der Waals surface area contributed by atoms with E-state index in [1.807, 2.05) is 0 Å². The minimum Gasteiger partial charge on any atom is -0.322 e. The molecular weight excluding hydrogens is 439 g/mol. The van der Waals surface area contributed by atoms with E-state index in [1.165, 1.54) is 12.1 Å². The number of benzene rings is 2. The molecule has 1 amide bonds. The number of nitrogens with one attached hydrogen (secondary N) is 1. The second kappa shape index (κ2) is 7.42. The number of anilines is 1. The molecule has 3 fully saturated rings. The Bertz CT molecular complexity index is 1150. The second-order valence-corrected chi connectivity index (χ2v) is 10.3. The van der Waals surface area contributed by atoms with Crippen LogP contribution in [0.1, 0.15) is 29.6 Å². The quantitative estimate of drug-likeness (QED) is 0.513. The first-order valence-electron chi connectivity index (χ1n) is 9.26. The Morgan fingerprint density at radius 1 is 1.03 bits per heavy atom. The van der Waals surface area contributed by atoms with Crippen molar-refractivity contribution in [2.24, 2.45) is 11.8 Å². The first-order valence-corrected chi connectivity index (χ1v) is 11.2. The van der Waals surface area contributed by atoms with Crippen LogP contribution in [0.2, 0.25) is 5.02 Å². The van der Waals surface area contributed by atoms with Gasteiger partial charge in [-0.25, -0.2) is 21.6 Å². The van der Waals surface area contributed by atoms with Gasteiger partial charge < -0.3 is 5.32 Å². The zero-order valence-electron chi connectivity index (χ0n) is 15.6. The topological polar surface area (TPSA) is 63.2 Å². The number of allylic oxidation sites excluding steroid dienone is 1. The minimum absolute atomic E-state index is 0.0107. The number of amides is 1. The third-order valence-electron chi connectivity index (χ3n) is 5.89. The van der Waals surface area contributed by atoms with Crippen molar-refractivity contribution in [2.75, 3.05) is 5.32 Å². The zero-order chi connectivity index (χ0) is 21.8. The molecule has 2 aromatic carbocycles. The van der Waals surface area contributed by atoms with Crippen LogP contribution in [-0.2, 0) is 9.84 Å². The molecule has 2 aromatic rings. The molecule has 0 spiro atoms. The van der Waals surface area contributed by atoms with Gasteiger partial charge in [0.2, 0.25) is 0 Å². The van der Waals surface area contributed by atoms with E-state index in [2.05, 4.69) is 11.9 Å². The zero-order valence-corrected chi connectivity index (χ0v) is 17.2. The van der Waals surface area contributed by atoms with Crippen LogP contribution in [0.15, 0.2) is 47.4 Å². The van der Waals surface area contributed by atoms with Gasteiger partial charge in [-0.05, 0) is 49.3 Å². The molecule has 2 unspecified atom stereocenters. The van der Waals surface area contributed by atoms with E-state index in [-0.39, 0.29) is 33.0 Å². The lowest BCUT2D eigenvalue weighted by molar-refractivity contribution is 0.102. The van der Waals surface area contributed by atoms with E-state index in [4.69, 9.17) is 11.6 Å². The molecule has 4 nitrogen and oxygen atoms in total. The molecular formula is C21H17ClF3NO3S. The second-order valence-electron chi connectivity index (χ2n) is 7.70. The molecule has 3 saturated carbocycles. The molecule has 0 aliphatic heterocycles. The van der Waals surface area contributed by atoms with Crippen LogP contribution >= 0.6 is 11.6 Å². The molecule has 158 valence electrons. The Morgan fingerprint density at radius 2 is 1.63 bits per heavy atom. The van der Waals surface area contributed by atoms with Crippen molar-refractivity contribution < 1.29 is 26.4 Å². The lowest BCUT2D eigenvalue weighted by atomic mass is 9.62. The summed E-state index contributed by atoms with van der Waals surface area (Å²) < 4.78 is 66.1. The van der Waals surface area contributed by atoms with Gasteiger partial charge in [0, 0.05) is 23.4 Å². The monoisotopic (exact) mass is 455 g/mol. The Morgan fingerprint density at radius 3 is 2.20 bits per heavy atom. The molecule has 30 heavy (non-hydrogen) atoms. The van der Waals surface area contributed by atoms with Crippen molar-refractivity contribution in [1.82, 2.24) is 0 Å². The van der Waals surface area contributed by atoms with E-state index in [1.54, 1.807) is 0 Å². The summed E-state index contributed by atoms with van der Waals surface area (Å²) in [6.07, 6.45) is 1.89. The van der Waals surface area contributed by atoms with Crippen LogP contribution in [-0.4, -0.2) is 19.6 Å². The van der Waals surface area contributed by atoms with Gasteiger partial charge in [-0.2, -0.15) is 0 Å². The van der Waals surface area contributed by atoms with E-state index in [0.29, 0.717) is 25.0 Å². The van der Waals surface area contributed by atoms with E-state index < -0.39 is 38.4 Å². The van der Waals surface area contributed by atoms with E-state index in [0.717, 1.165) is 18.1 Å². The number of fused-ring (bicyclic) bond motifs is 2. The molecule has 9 heteroatoms. The summed E-state index contributed by atoms with van der Waals surface area (Å²) in [5, 5.41) is 1.61. The first kappa shape index (κ1) is 20.9. The van der Waals surface area contributed by atoms with E-state index in [9.17, 15) is 26.4 Å². The SMILES string of the molecule is C=C1C2CC1CC(S(=O)(=O)c1cc(C(=O)Nc3cc(F)c(F)c(F)c3)ccc1Cl)C2. The van der Waals surface area contributed by atoms with Crippen LogP contribution in [0.3, 0.4) is 0 Å². The fourth-order valence-corrected chi connectivity index (χ4v) is 6.57. The third kappa shape index (κ3) is 3.52. The molecule has 5 rings (SSSR count). The van der Waals surface area contributed by atoms with Crippen molar-refractivity contribution in [3.05, 3.63) is 70.5 Å². The van der Waals surface area contributed by atoms with Crippen molar-refractivity contribution in [2.45, 2.75) is 29.4 Å². The molecule has 2 atom stereocenters. The fourth-order valence-electron chi connectivity index (χ4n) is 4.17. The van der Waals surface area contributed by atoms with Crippen LogP contribution < -0.4 is 5.32 Å². The van der Waals surface area contributed by atoms with Gasteiger partial charge in [-0.15, -0.1) is 0 Å². The Balaban J connectivity index is 1.60. The van der Waals surface area contributed by atoms with Gasteiger partial charge in [-0.1, -0.05) is 23.8 Å². The number of carbonyl (C=O) groups excluding carboxylic acids is 1. The number of sulfone groups is 1. The van der Waals surface area contributed by atoms with Gasteiger partial charge in [0.15, 0.2) is 27.3 Å². The number of carbonyl (C=O) groups is 1. The molecule has 3 aliphatic carbocycles. The largest absolute Gasteiger partial charge is 0.322 e. The molecule has 0 heterocycles. The van der Waals surface area contributed by atoms with Crippen molar-refractivity contribution in [1.29, 1.82) is 0 Å². The molecule has 3 aliphatic rings. The van der Waals surface area contributed by atoms with Gasteiger partial charge in [0.25, 0.3) is 5.91 Å². The van der Waals surface area contributed by atoms with Crippen LogP contribution in [0.4, 0.5) is 18.9 Å². The third-order valence-corrected chi connectivity index (χ3v) is 8.55. The van der Waals surface area contributed by atoms with Crippen molar-refractivity contribution in [3.8, 4) is 0 Å². The fraction of sp³-hybridized carbons (Fsp3) is 0.286. The standard InChI is InChI=1S/C21H17ClF3NO3S/c1-10-12-4-13(10)6-15(5-12)30(28,29)19-7-11(2-3-16(19)22)21(27)26-14-8-17(23)20(25)18(24)9-14/h2-3,7-9,12-13,15H,1,4-6H2,(H,26,27). The summed E-state index contributed by atoms with van der Waals surface area (Å²) >= 11 is 6.13. The lowest BCUT2D eigenvalue weighted by Crippen LogP contribution is -2.42. The number of halogens is 4. The molecule has 0 radical (unpaired) electrons. The van der Waals surface area contributed by atoms with Crippen molar-refractivity contribution in [3.63, 3.8) is 0 Å². The molecule has 1 N–H and O–H groups in total. The summed E-state index contributed by atoms with van der Waals surface area (Å²) in [7, 11) is -3.79. The summed E-state index contributed by atoms with van der Waals surface area (Å²) in [4.78, 5) is 12.3. The van der Waals surface area contributed by atoms with Crippen LogP contribution in [0.25, 0.3) is 0 Å². The van der Waals surface area contributed by atoms with Gasteiger partial charge in [0.05, 0.1) is 15.2 Å². The normalized spacial score (nSPS) is 23.1. The maximum absolute atomic E-state index is 13.4. The number of rotatable bonds is 4. The lowest BCUT2D eigenvalue weighted by Gasteiger charge is -2.47. The average molecular weight is 456 g/mol. The summed E-state index contributed by atoms with van der Waals surface area (Å²) in [6, 6.07) is 5.00. The number of hydrogen-bond donors (Lipinski definition) is 1. The highest BCUT2D eigenvalue weighted by Crippen LogP contribution is 2.52. The van der Waals surface area contributed by atoms with E-state index >= 15 is 0 Å². The minimum atomic E-state index is -3.79. The smallest absolute Gasteiger partial charge is 0.255 e. The van der Waals surface area contributed by atoms with Gasteiger partial charge in [0.1, 0.15) is 0 Å². The highest BCUT2D eigenvalue weighted by molar-refractivity contribution is 7.92. The highest BCUT2D eigenvalue weighted by Gasteiger charge is 2.46. The Kier molecular flexibility index (Phi) is 5.18. The molecule has 0 aromatic heterocycles. The van der Waals surface area contributed by atoms with Gasteiger partial charge in [-0.3, -0.25) is 4.79 Å².